The predicted molar refractivity (Wildman–Crippen MR) is 112 cm³/mol. The molecule has 0 aliphatic rings. The van der Waals surface area contributed by atoms with Gasteiger partial charge < -0.3 is 5.32 Å². The van der Waals surface area contributed by atoms with Gasteiger partial charge in [0.15, 0.2) is 0 Å². The van der Waals surface area contributed by atoms with Gasteiger partial charge >= 0.3 is 0 Å². The molecule has 0 saturated heterocycles. The second kappa shape index (κ2) is 21.7. The number of hydrogen-bond donors (Lipinski definition) is 1. The summed E-state index contributed by atoms with van der Waals surface area (Å²) in [6.07, 6.45) is 7.31. The Hall–Kier alpha value is -1.31. The van der Waals surface area contributed by atoms with E-state index in [0.29, 0.717) is 6.42 Å². The first-order valence-electron chi connectivity index (χ1n) is 9.84. The van der Waals surface area contributed by atoms with Crippen molar-refractivity contribution < 1.29 is 4.79 Å². The second-order valence-electron chi connectivity index (χ2n) is 5.56. The van der Waals surface area contributed by atoms with Gasteiger partial charge in [-0.25, -0.2) is 0 Å². The summed E-state index contributed by atoms with van der Waals surface area (Å²) < 4.78 is 0. The average Bonchev–Trinajstić information content (AvgIpc) is 2.60. The Morgan fingerprint density at radius 1 is 0.917 bits per heavy atom. The van der Waals surface area contributed by atoms with E-state index in [2.05, 4.69) is 33.0 Å². The van der Waals surface area contributed by atoms with Crippen molar-refractivity contribution >= 4 is 11.6 Å². The predicted octanol–water partition coefficient (Wildman–Crippen LogP) is 7.68. The third-order valence-electron chi connectivity index (χ3n) is 3.16. The molecular weight excluding hydrogens is 294 g/mol. The maximum absolute atomic E-state index is 11.1. The highest BCUT2D eigenvalue weighted by atomic mass is 16.1. The van der Waals surface area contributed by atoms with E-state index >= 15 is 0 Å². The lowest BCUT2D eigenvalue weighted by Crippen LogP contribution is -2.10. The number of benzene rings is 1. The van der Waals surface area contributed by atoms with Crippen LogP contribution in [0.2, 0.25) is 0 Å². The van der Waals surface area contributed by atoms with Crippen molar-refractivity contribution in [2.24, 2.45) is 0 Å². The summed E-state index contributed by atoms with van der Waals surface area (Å²) in [5.74, 6) is 0.0636. The van der Waals surface area contributed by atoms with E-state index in [1.807, 2.05) is 52.8 Å². The molecule has 1 aromatic rings. The van der Waals surface area contributed by atoms with Crippen LogP contribution in [0.15, 0.2) is 18.2 Å². The molecule has 1 N–H and O–H groups in total. The Morgan fingerprint density at radius 3 is 1.75 bits per heavy atom. The molecule has 0 heterocycles. The maximum Gasteiger partial charge on any atom is 0.224 e. The molecule has 0 aliphatic heterocycles. The summed E-state index contributed by atoms with van der Waals surface area (Å²) >= 11 is 0. The zero-order chi connectivity index (χ0) is 19.4. The van der Waals surface area contributed by atoms with E-state index < -0.39 is 0 Å². The van der Waals surface area contributed by atoms with Crippen molar-refractivity contribution in [3.05, 3.63) is 29.3 Å². The third-order valence-corrected chi connectivity index (χ3v) is 3.16. The number of nitrogens with one attached hydrogen (secondary N) is 1. The molecule has 0 saturated carbocycles. The highest BCUT2D eigenvalue weighted by Crippen LogP contribution is 2.17. The Morgan fingerprint density at radius 2 is 1.38 bits per heavy atom. The molecule has 0 aromatic heterocycles. The second-order valence-corrected chi connectivity index (χ2v) is 5.56. The molecule has 0 fully saturated rings. The summed E-state index contributed by atoms with van der Waals surface area (Å²) in [6, 6.07) is 5.92. The number of aryl methyl sites for hydroxylation is 1. The SMILES string of the molecule is CC.CCC.CCC(=O)Nc1cccc(C)c1C.CCCCCC. The van der Waals surface area contributed by atoms with Crippen molar-refractivity contribution in [2.45, 2.75) is 101 Å². The molecule has 2 nitrogen and oxygen atoms in total. The Kier molecular flexibility index (Phi) is 24.9. The largest absolute Gasteiger partial charge is 0.326 e. The highest BCUT2D eigenvalue weighted by Gasteiger charge is 2.02. The molecule has 0 bridgehead atoms. The lowest BCUT2D eigenvalue weighted by atomic mass is 10.1. The van der Waals surface area contributed by atoms with E-state index in [9.17, 15) is 4.79 Å². The Labute approximate surface area is 152 Å². The molecule has 0 spiro atoms. The highest BCUT2D eigenvalue weighted by molar-refractivity contribution is 5.91. The molecule has 0 atom stereocenters. The fourth-order valence-corrected chi connectivity index (χ4v) is 1.63. The van der Waals surface area contributed by atoms with Gasteiger partial charge in [0.1, 0.15) is 0 Å². The van der Waals surface area contributed by atoms with Crippen LogP contribution in [-0.4, -0.2) is 5.91 Å². The summed E-state index contributed by atoms with van der Waals surface area (Å²) in [5.41, 5.74) is 3.27. The van der Waals surface area contributed by atoms with Crippen LogP contribution in [-0.2, 0) is 4.79 Å². The number of hydrogen-bond acceptors (Lipinski definition) is 1. The van der Waals surface area contributed by atoms with Crippen LogP contribution in [0.5, 0.6) is 0 Å². The quantitative estimate of drug-likeness (QED) is 0.548. The summed E-state index contributed by atoms with van der Waals surface area (Å²) in [5, 5.41) is 2.86. The minimum absolute atomic E-state index is 0.0636. The maximum atomic E-state index is 11.1. The van der Waals surface area contributed by atoms with E-state index in [1.165, 1.54) is 37.7 Å². The molecule has 24 heavy (non-hydrogen) atoms. The van der Waals surface area contributed by atoms with Crippen LogP contribution < -0.4 is 5.32 Å². The van der Waals surface area contributed by atoms with Crippen molar-refractivity contribution in [3.8, 4) is 0 Å². The lowest BCUT2D eigenvalue weighted by Gasteiger charge is -2.08. The molecule has 1 amide bonds. The Bertz CT molecular complexity index is 382. The van der Waals surface area contributed by atoms with Gasteiger partial charge in [-0.15, -0.1) is 0 Å². The van der Waals surface area contributed by atoms with Crippen molar-refractivity contribution in [1.29, 1.82) is 0 Å². The van der Waals surface area contributed by atoms with Crippen molar-refractivity contribution in [1.82, 2.24) is 0 Å². The van der Waals surface area contributed by atoms with E-state index in [-0.39, 0.29) is 5.91 Å². The molecular formula is C22H43NO. The number of carbonyl (C=O) groups is 1. The molecule has 0 aliphatic carbocycles. The van der Waals surface area contributed by atoms with Gasteiger partial charge in [-0.2, -0.15) is 0 Å². The number of rotatable bonds is 5. The first-order chi connectivity index (χ1) is 11.5. The van der Waals surface area contributed by atoms with Crippen molar-refractivity contribution in [3.63, 3.8) is 0 Å². The van der Waals surface area contributed by atoms with Gasteiger partial charge in [-0.1, -0.05) is 92.7 Å². The van der Waals surface area contributed by atoms with E-state index in [4.69, 9.17) is 0 Å². The first-order valence-corrected chi connectivity index (χ1v) is 9.84. The summed E-state index contributed by atoms with van der Waals surface area (Å²) in [4.78, 5) is 11.1. The van der Waals surface area contributed by atoms with E-state index in [0.717, 1.165) is 11.3 Å². The lowest BCUT2D eigenvalue weighted by molar-refractivity contribution is -0.115. The molecule has 1 rings (SSSR count). The standard InChI is InChI=1S/C11H15NO.C6H14.C3H8.C2H6/c1-4-11(13)12-10-7-5-6-8(2)9(10)3;1-3-5-6-4-2;1-3-2;1-2/h5-7H,4H2,1-3H3,(H,12,13);3-6H2,1-2H3;3H2,1-2H3;1-2H3. The van der Waals surface area contributed by atoms with Gasteiger partial charge in [-0.3, -0.25) is 4.79 Å². The van der Waals surface area contributed by atoms with E-state index in [1.54, 1.807) is 0 Å². The summed E-state index contributed by atoms with van der Waals surface area (Å²) in [6.45, 7) is 18.6. The van der Waals surface area contributed by atoms with Crippen molar-refractivity contribution in [2.75, 3.05) is 5.32 Å². The zero-order valence-corrected chi connectivity index (χ0v) is 17.9. The third kappa shape index (κ3) is 17.1. The van der Waals surface area contributed by atoms with Crippen LogP contribution >= 0.6 is 0 Å². The monoisotopic (exact) mass is 337 g/mol. The van der Waals surface area contributed by atoms with Gasteiger partial charge in [0, 0.05) is 12.1 Å². The normalized spacial score (nSPS) is 8.54. The number of amides is 1. The fraction of sp³-hybridized carbons (Fsp3) is 0.682. The topological polar surface area (TPSA) is 29.1 Å². The molecule has 0 unspecified atom stereocenters. The zero-order valence-electron chi connectivity index (χ0n) is 17.9. The number of carbonyl (C=O) groups excluding carboxylic acids is 1. The number of anilines is 1. The molecule has 142 valence electrons. The van der Waals surface area contributed by atoms with Crippen LogP contribution in [0, 0.1) is 13.8 Å². The average molecular weight is 338 g/mol. The minimum Gasteiger partial charge on any atom is -0.326 e. The minimum atomic E-state index is 0.0636. The smallest absolute Gasteiger partial charge is 0.224 e. The van der Waals surface area contributed by atoms with Crippen LogP contribution in [0.4, 0.5) is 5.69 Å². The first kappa shape index (κ1) is 27.5. The van der Waals surface area contributed by atoms with Crippen LogP contribution in [0.25, 0.3) is 0 Å². The Balaban J connectivity index is -0.000000336. The molecule has 1 aromatic carbocycles. The van der Waals surface area contributed by atoms with Gasteiger partial charge in [-0.05, 0) is 31.0 Å². The van der Waals surface area contributed by atoms with Gasteiger partial charge in [0.2, 0.25) is 5.91 Å². The van der Waals surface area contributed by atoms with Gasteiger partial charge in [0.25, 0.3) is 0 Å². The van der Waals surface area contributed by atoms with Crippen LogP contribution in [0.1, 0.15) is 98.1 Å². The fourth-order valence-electron chi connectivity index (χ4n) is 1.63. The van der Waals surface area contributed by atoms with Crippen LogP contribution in [0.3, 0.4) is 0 Å². The van der Waals surface area contributed by atoms with Gasteiger partial charge in [0.05, 0.1) is 0 Å². The molecule has 0 radical (unpaired) electrons. The number of unbranched alkanes of at least 4 members (excludes halogenated alkanes) is 3. The summed E-state index contributed by atoms with van der Waals surface area (Å²) in [7, 11) is 0. The molecule has 2 heteroatoms.